The minimum Gasteiger partial charge on any atom is -0.296 e. The van der Waals surface area contributed by atoms with Crippen LogP contribution in [0.15, 0.2) is 18.2 Å². The van der Waals surface area contributed by atoms with E-state index in [1.807, 2.05) is 19.9 Å². The van der Waals surface area contributed by atoms with Crippen molar-refractivity contribution in [1.82, 2.24) is 14.8 Å². The van der Waals surface area contributed by atoms with E-state index in [9.17, 15) is 4.79 Å². The van der Waals surface area contributed by atoms with Gasteiger partial charge in [0.15, 0.2) is 10.8 Å². The average Bonchev–Trinajstić information content (AvgIpc) is 3.02. The summed E-state index contributed by atoms with van der Waals surface area (Å²) in [6.45, 7) is 8.83. The van der Waals surface area contributed by atoms with Crippen molar-refractivity contribution in [3.63, 3.8) is 0 Å². The van der Waals surface area contributed by atoms with Crippen molar-refractivity contribution in [2.24, 2.45) is 0 Å². The molecular weight excluding hydrogens is 296 g/mol. The van der Waals surface area contributed by atoms with Crippen molar-refractivity contribution in [3.8, 4) is 0 Å². The van der Waals surface area contributed by atoms with Crippen molar-refractivity contribution in [2.45, 2.75) is 34.2 Å². The van der Waals surface area contributed by atoms with Crippen LogP contribution in [-0.2, 0) is 6.54 Å². The Balaban J connectivity index is 1.87. The molecule has 0 unspecified atom stereocenters. The summed E-state index contributed by atoms with van der Waals surface area (Å²) < 4.78 is 2.88. The van der Waals surface area contributed by atoms with Gasteiger partial charge in [0.1, 0.15) is 0 Å². The van der Waals surface area contributed by atoms with Gasteiger partial charge in [0.05, 0.1) is 10.2 Å². The number of aromatic nitrogens is 3. The lowest BCUT2D eigenvalue weighted by Gasteiger charge is -1.98. The molecule has 0 aliphatic rings. The maximum atomic E-state index is 12.3. The standard InChI is InChI=1S/C16H18N4OS/c1-5-20-11(4)8-13(19-20)15(21)18-16-17-12-6-9(2)10(3)7-14(12)22-16/h6-8H,5H2,1-4H3,(H,17,18,21). The third-order valence-electron chi connectivity index (χ3n) is 3.74. The number of nitrogens with zero attached hydrogens (tertiary/aromatic N) is 3. The van der Waals surface area contributed by atoms with E-state index in [4.69, 9.17) is 0 Å². The van der Waals surface area contributed by atoms with Gasteiger partial charge in [-0.15, -0.1) is 0 Å². The molecule has 0 radical (unpaired) electrons. The van der Waals surface area contributed by atoms with Crippen molar-refractivity contribution >= 4 is 32.6 Å². The molecule has 5 nitrogen and oxygen atoms in total. The Labute approximate surface area is 133 Å². The molecule has 0 bridgehead atoms. The average molecular weight is 314 g/mol. The molecule has 6 heteroatoms. The number of fused-ring (bicyclic) bond motifs is 1. The van der Waals surface area contributed by atoms with Gasteiger partial charge in [-0.1, -0.05) is 11.3 Å². The van der Waals surface area contributed by atoms with Crippen LogP contribution in [0.2, 0.25) is 0 Å². The highest BCUT2D eigenvalue weighted by molar-refractivity contribution is 7.22. The van der Waals surface area contributed by atoms with E-state index in [2.05, 4.69) is 35.3 Å². The first-order chi connectivity index (χ1) is 10.5. The van der Waals surface area contributed by atoms with Crippen molar-refractivity contribution in [1.29, 1.82) is 0 Å². The molecule has 3 aromatic rings. The smallest absolute Gasteiger partial charge is 0.277 e. The van der Waals surface area contributed by atoms with Crippen LogP contribution in [0.3, 0.4) is 0 Å². The summed E-state index contributed by atoms with van der Waals surface area (Å²) in [6, 6.07) is 5.95. The Morgan fingerprint density at radius 3 is 2.64 bits per heavy atom. The van der Waals surface area contributed by atoms with Crippen LogP contribution in [0.5, 0.6) is 0 Å². The van der Waals surface area contributed by atoms with Crippen LogP contribution in [0.25, 0.3) is 10.2 Å². The summed E-state index contributed by atoms with van der Waals surface area (Å²) in [7, 11) is 0. The lowest BCUT2D eigenvalue weighted by Crippen LogP contribution is -2.13. The molecule has 1 N–H and O–H groups in total. The number of anilines is 1. The van der Waals surface area contributed by atoms with Gasteiger partial charge in [0, 0.05) is 12.2 Å². The fourth-order valence-corrected chi connectivity index (χ4v) is 3.28. The predicted molar refractivity (Wildman–Crippen MR) is 89.7 cm³/mol. The van der Waals surface area contributed by atoms with E-state index in [0.29, 0.717) is 10.8 Å². The van der Waals surface area contributed by atoms with Crippen LogP contribution in [-0.4, -0.2) is 20.7 Å². The van der Waals surface area contributed by atoms with E-state index in [1.54, 1.807) is 10.7 Å². The molecule has 1 aromatic carbocycles. The van der Waals surface area contributed by atoms with Gasteiger partial charge >= 0.3 is 0 Å². The first-order valence-electron chi connectivity index (χ1n) is 7.21. The lowest BCUT2D eigenvalue weighted by molar-refractivity contribution is 0.102. The maximum Gasteiger partial charge on any atom is 0.277 e. The molecular formula is C16H18N4OS. The summed E-state index contributed by atoms with van der Waals surface area (Å²) in [5, 5.41) is 7.74. The van der Waals surface area contributed by atoms with Crippen LogP contribution in [0, 0.1) is 20.8 Å². The molecule has 0 saturated carbocycles. The number of carbonyl (C=O) groups excluding carboxylic acids is 1. The summed E-state index contributed by atoms with van der Waals surface area (Å²) >= 11 is 1.48. The molecule has 0 aliphatic heterocycles. The van der Waals surface area contributed by atoms with E-state index >= 15 is 0 Å². The Morgan fingerprint density at radius 1 is 1.23 bits per heavy atom. The van der Waals surface area contributed by atoms with Crippen LogP contribution in [0.4, 0.5) is 5.13 Å². The van der Waals surface area contributed by atoms with E-state index in [1.165, 1.54) is 22.5 Å². The minimum atomic E-state index is -0.220. The molecule has 22 heavy (non-hydrogen) atoms. The van der Waals surface area contributed by atoms with Crippen molar-refractivity contribution in [3.05, 3.63) is 40.7 Å². The Morgan fingerprint density at radius 2 is 1.95 bits per heavy atom. The SMILES string of the molecule is CCn1nc(C(=O)Nc2nc3cc(C)c(C)cc3s2)cc1C. The topological polar surface area (TPSA) is 59.8 Å². The van der Waals surface area contributed by atoms with Gasteiger partial charge in [-0.2, -0.15) is 5.10 Å². The molecule has 3 rings (SSSR count). The fourth-order valence-electron chi connectivity index (χ4n) is 2.34. The zero-order valence-electron chi connectivity index (χ0n) is 13.1. The normalized spacial score (nSPS) is 11.1. The molecule has 2 heterocycles. The second kappa shape index (κ2) is 5.53. The highest BCUT2D eigenvalue weighted by atomic mass is 32.1. The third kappa shape index (κ3) is 2.62. The summed E-state index contributed by atoms with van der Waals surface area (Å²) in [4.78, 5) is 16.8. The van der Waals surface area contributed by atoms with Gasteiger partial charge < -0.3 is 0 Å². The van der Waals surface area contributed by atoms with Gasteiger partial charge in [0.2, 0.25) is 0 Å². The largest absolute Gasteiger partial charge is 0.296 e. The zero-order chi connectivity index (χ0) is 15.9. The number of carbonyl (C=O) groups is 1. The van der Waals surface area contributed by atoms with Gasteiger partial charge in [0.25, 0.3) is 5.91 Å². The van der Waals surface area contributed by atoms with Crippen LogP contribution in [0.1, 0.15) is 34.2 Å². The highest BCUT2D eigenvalue weighted by Crippen LogP contribution is 2.28. The summed E-state index contributed by atoms with van der Waals surface area (Å²) in [6.07, 6.45) is 0. The number of aryl methyl sites for hydroxylation is 4. The van der Waals surface area contributed by atoms with Crippen molar-refractivity contribution < 1.29 is 4.79 Å². The first kappa shape index (κ1) is 14.7. The second-order valence-corrected chi connectivity index (χ2v) is 6.39. The van der Waals surface area contributed by atoms with Gasteiger partial charge in [-0.3, -0.25) is 14.8 Å². The molecule has 1 amide bonds. The predicted octanol–water partition coefficient (Wildman–Crippen LogP) is 3.69. The molecule has 0 aliphatic carbocycles. The Bertz CT molecular complexity index is 824. The van der Waals surface area contributed by atoms with Crippen LogP contribution >= 0.6 is 11.3 Å². The van der Waals surface area contributed by atoms with Gasteiger partial charge in [-0.05, 0) is 57.0 Å². The van der Waals surface area contributed by atoms with E-state index in [-0.39, 0.29) is 5.91 Å². The minimum absolute atomic E-state index is 0.220. The van der Waals surface area contributed by atoms with E-state index < -0.39 is 0 Å². The third-order valence-corrected chi connectivity index (χ3v) is 4.67. The summed E-state index contributed by atoms with van der Waals surface area (Å²) in [5.74, 6) is -0.220. The second-order valence-electron chi connectivity index (χ2n) is 5.36. The maximum absolute atomic E-state index is 12.3. The number of hydrogen-bond donors (Lipinski definition) is 1. The highest BCUT2D eigenvalue weighted by Gasteiger charge is 2.14. The van der Waals surface area contributed by atoms with Gasteiger partial charge in [-0.25, -0.2) is 4.98 Å². The van der Waals surface area contributed by atoms with E-state index in [0.717, 1.165) is 22.5 Å². The molecule has 0 saturated heterocycles. The Kier molecular flexibility index (Phi) is 3.70. The fraction of sp³-hybridized carbons (Fsp3) is 0.312. The molecule has 0 spiro atoms. The molecule has 0 atom stereocenters. The summed E-state index contributed by atoms with van der Waals surface area (Å²) in [5.41, 5.74) is 4.74. The number of benzene rings is 1. The molecule has 114 valence electrons. The lowest BCUT2D eigenvalue weighted by atomic mass is 10.1. The Hall–Kier alpha value is -2.21. The monoisotopic (exact) mass is 314 g/mol. The number of amides is 1. The zero-order valence-corrected chi connectivity index (χ0v) is 13.9. The van der Waals surface area contributed by atoms with Crippen molar-refractivity contribution in [2.75, 3.05) is 5.32 Å². The molecule has 2 aromatic heterocycles. The quantitative estimate of drug-likeness (QED) is 0.802. The molecule has 0 fully saturated rings. The number of thiazole rings is 1. The van der Waals surface area contributed by atoms with Crippen LogP contribution < -0.4 is 5.32 Å². The number of nitrogens with one attached hydrogen (secondary N) is 1. The first-order valence-corrected chi connectivity index (χ1v) is 8.03. The number of rotatable bonds is 3. The number of hydrogen-bond acceptors (Lipinski definition) is 4.